The lowest BCUT2D eigenvalue weighted by Gasteiger charge is -2.43. The predicted molar refractivity (Wildman–Crippen MR) is 58.0 cm³/mol. The summed E-state index contributed by atoms with van der Waals surface area (Å²) in [6.07, 6.45) is 0.305. The minimum absolute atomic E-state index is 0.305. The van der Waals surface area contributed by atoms with Crippen molar-refractivity contribution in [2.75, 3.05) is 40.0 Å². The maximum absolute atomic E-state index is 9.75. The molecule has 0 spiro atoms. The van der Waals surface area contributed by atoms with Gasteiger partial charge in [0.05, 0.1) is 19.8 Å². The number of quaternary nitrogens is 1. The Hall–Kier alpha value is -0.335. The molecule has 104 valence electrons. The number of nitrogens with zero attached hydrogens (tertiary/aromatic N) is 1. The summed E-state index contributed by atoms with van der Waals surface area (Å²) >= 11 is 0. The second kappa shape index (κ2) is 7.18. The third kappa shape index (κ3) is 6.85. The third-order valence-electron chi connectivity index (χ3n) is 3.10. The summed E-state index contributed by atoms with van der Waals surface area (Å²) < 4.78 is 50.8. The van der Waals surface area contributed by atoms with Gasteiger partial charge in [0.15, 0.2) is 6.23 Å². The van der Waals surface area contributed by atoms with Crippen LogP contribution in [0, 0.1) is 0 Å². The van der Waals surface area contributed by atoms with E-state index in [1.165, 1.54) is 0 Å². The van der Waals surface area contributed by atoms with E-state index in [1.54, 1.807) is 7.11 Å². The molecule has 1 saturated heterocycles. The number of halogens is 4. The van der Waals surface area contributed by atoms with Crippen molar-refractivity contribution in [2.24, 2.45) is 0 Å². The molecule has 0 saturated carbocycles. The first-order valence-corrected chi connectivity index (χ1v) is 5.59. The van der Waals surface area contributed by atoms with E-state index < -0.39 is 7.25 Å². The van der Waals surface area contributed by atoms with E-state index in [2.05, 4.69) is 13.8 Å². The SMILES string of the molecule is CC[N+]1(C(C)OC)CCOCC1.F[B-](F)(F)F. The molecule has 0 N–H and O–H groups in total. The summed E-state index contributed by atoms with van der Waals surface area (Å²) in [5.41, 5.74) is 0. The molecule has 0 aromatic heterocycles. The van der Waals surface area contributed by atoms with Gasteiger partial charge in [0.1, 0.15) is 13.1 Å². The van der Waals surface area contributed by atoms with Crippen molar-refractivity contribution < 1.29 is 31.2 Å². The summed E-state index contributed by atoms with van der Waals surface area (Å²) in [5.74, 6) is 0. The minimum atomic E-state index is -6.00. The molecule has 17 heavy (non-hydrogen) atoms. The summed E-state index contributed by atoms with van der Waals surface area (Å²) in [4.78, 5) is 0. The average Bonchev–Trinajstić information content (AvgIpc) is 2.26. The van der Waals surface area contributed by atoms with Gasteiger partial charge in [0.25, 0.3) is 0 Å². The van der Waals surface area contributed by atoms with Gasteiger partial charge in [-0.2, -0.15) is 0 Å². The zero-order valence-corrected chi connectivity index (χ0v) is 10.5. The molecule has 0 aromatic carbocycles. The molecule has 0 radical (unpaired) electrons. The lowest BCUT2D eigenvalue weighted by atomic mass is 10.3. The van der Waals surface area contributed by atoms with Crippen LogP contribution in [0.1, 0.15) is 13.8 Å². The van der Waals surface area contributed by atoms with Crippen molar-refractivity contribution in [2.45, 2.75) is 20.1 Å². The predicted octanol–water partition coefficient (Wildman–Crippen LogP) is 2.15. The van der Waals surface area contributed by atoms with E-state index >= 15 is 0 Å². The highest BCUT2D eigenvalue weighted by Gasteiger charge is 2.34. The Balaban J connectivity index is 0.000000437. The Morgan fingerprint density at radius 3 is 1.94 bits per heavy atom. The van der Waals surface area contributed by atoms with E-state index in [4.69, 9.17) is 9.47 Å². The second-order valence-electron chi connectivity index (χ2n) is 3.92. The fourth-order valence-electron chi connectivity index (χ4n) is 1.87. The number of methoxy groups -OCH3 is 1. The molecule has 3 nitrogen and oxygen atoms in total. The topological polar surface area (TPSA) is 18.5 Å². The van der Waals surface area contributed by atoms with Gasteiger partial charge in [-0.05, 0) is 6.92 Å². The van der Waals surface area contributed by atoms with Crippen LogP contribution in [0.3, 0.4) is 0 Å². The Morgan fingerprint density at radius 1 is 1.24 bits per heavy atom. The van der Waals surface area contributed by atoms with Crippen LogP contribution in [0.25, 0.3) is 0 Å². The molecule has 1 fully saturated rings. The van der Waals surface area contributed by atoms with E-state index in [1.807, 2.05) is 0 Å². The Morgan fingerprint density at radius 2 is 1.65 bits per heavy atom. The fraction of sp³-hybridized carbons (Fsp3) is 1.00. The Bertz CT molecular complexity index is 204. The van der Waals surface area contributed by atoms with Crippen molar-refractivity contribution in [3.05, 3.63) is 0 Å². The normalized spacial score (nSPS) is 21.4. The fourth-order valence-corrected chi connectivity index (χ4v) is 1.87. The van der Waals surface area contributed by atoms with Gasteiger partial charge >= 0.3 is 7.25 Å². The number of hydrogen-bond donors (Lipinski definition) is 0. The van der Waals surface area contributed by atoms with Gasteiger partial charge in [0.2, 0.25) is 0 Å². The third-order valence-corrected chi connectivity index (χ3v) is 3.10. The van der Waals surface area contributed by atoms with Gasteiger partial charge in [-0.25, -0.2) is 0 Å². The molecule has 8 heteroatoms. The number of likely N-dealkylation sites (N-methyl/N-ethyl adjacent to an activating group) is 1. The molecular weight excluding hydrogens is 241 g/mol. The molecule has 1 heterocycles. The zero-order chi connectivity index (χ0) is 13.5. The summed E-state index contributed by atoms with van der Waals surface area (Å²) in [5, 5.41) is 0. The first-order chi connectivity index (χ1) is 7.75. The van der Waals surface area contributed by atoms with Crippen molar-refractivity contribution >= 4 is 7.25 Å². The molecular formula is C9H20BF4NO2. The van der Waals surface area contributed by atoms with E-state index in [0.717, 1.165) is 37.3 Å². The van der Waals surface area contributed by atoms with Gasteiger partial charge in [-0.15, -0.1) is 0 Å². The van der Waals surface area contributed by atoms with Crippen LogP contribution >= 0.6 is 0 Å². The maximum atomic E-state index is 9.75. The highest BCUT2D eigenvalue weighted by atomic mass is 19.5. The quantitative estimate of drug-likeness (QED) is 0.440. The minimum Gasteiger partial charge on any atom is -0.418 e. The van der Waals surface area contributed by atoms with E-state index in [9.17, 15) is 17.3 Å². The number of hydrogen-bond acceptors (Lipinski definition) is 2. The summed E-state index contributed by atoms with van der Waals surface area (Å²) in [6, 6.07) is 0. The summed E-state index contributed by atoms with van der Waals surface area (Å²) in [6.45, 7) is 9.44. The maximum Gasteiger partial charge on any atom is 0.673 e. The number of ether oxygens (including phenoxy) is 2. The second-order valence-corrected chi connectivity index (χ2v) is 3.92. The van der Waals surface area contributed by atoms with Crippen LogP contribution in [0.5, 0.6) is 0 Å². The van der Waals surface area contributed by atoms with Crippen LogP contribution in [0.2, 0.25) is 0 Å². The van der Waals surface area contributed by atoms with Crippen molar-refractivity contribution in [1.29, 1.82) is 0 Å². The van der Waals surface area contributed by atoms with Crippen LogP contribution in [0.15, 0.2) is 0 Å². The van der Waals surface area contributed by atoms with Crippen LogP contribution < -0.4 is 0 Å². The first kappa shape index (κ1) is 16.7. The molecule has 0 aromatic rings. The van der Waals surface area contributed by atoms with Gasteiger partial charge in [-0.1, -0.05) is 0 Å². The molecule has 1 aliphatic heterocycles. The highest BCUT2D eigenvalue weighted by molar-refractivity contribution is 6.50. The molecule has 0 bridgehead atoms. The summed E-state index contributed by atoms with van der Waals surface area (Å²) in [7, 11) is -4.21. The number of morpholine rings is 1. The van der Waals surface area contributed by atoms with Crippen LogP contribution in [0.4, 0.5) is 17.3 Å². The lowest BCUT2D eigenvalue weighted by molar-refractivity contribution is -0.973. The Labute approximate surface area is 99.4 Å². The largest absolute Gasteiger partial charge is 0.673 e. The van der Waals surface area contributed by atoms with Gasteiger partial charge in [-0.3, -0.25) is 4.48 Å². The van der Waals surface area contributed by atoms with Crippen molar-refractivity contribution in [1.82, 2.24) is 0 Å². The smallest absolute Gasteiger partial charge is 0.418 e. The molecule has 1 rings (SSSR count). The van der Waals surface area contributed by atoms with Gasteiger partial charge in [0, 0.05) is 14.0 Å². The van der Waals surface area contributed by atoms with Crippen LogP contribution in [-0.4, -0.2) is 57.9 Å². The van der Waals surface area contributed by atoms with Crippen LogP contribution in [-0.2, 0) is 9.47 Å². The van der Waals surface area contributed by atoms with Crippen molar-refractivity contribution in [3.63, 3.8) is 0 Å². The highest BCUT2D eigenvalue weighted by Crippen LogP contribution is 2.16. The number of rotatable bonds is 3. The van der Waals surface area contributed by atoms with Gasteiger partial charge < -0.3 is 26.7 Å². The molecule has 1 atom stereocenters. The average molecular weight is 261 g/mol. The standard InChI is InChI=1S/C9H20NO2.BF4/c1-4-10(9(2)11-3)5-7-12-8-6-10;2-1(3,4)5/h9H,4-8H2,1-3H3;/q+1;-1. The molecule has 1 unspecified atom stereocenters. The zero-order valence-electron chi connectivity index (χ0n) is 10.5. The van der Waals surface area contributed by atoms with E-state index in [0.29, 0.717) is 6.23 Å². The monoisotopic (exact) mass is 261 g/mol. The lowest BCUT2D eigenvalue weighted by Crippen LogP contribution is -2.60. The van der Waals surface area contributed by atoms with E-state index in [-0.39, 0.29) is 0 Å². The molecule has 0 amide bonds. The first-order valence-electron chi connectivity index (χ1n) is 5.59. The molecule has 1 aliphatic rings. The van der Waals surface area contributed by atoms with Crippen molar-refractivity contribution in [3.8, 4) is 0 Å². The molecule has 0 aliphatic carbocycles. The Kier molecular flexibility index (Phi) is 7.04.